The summed E-state index contributed by atoms with van der Waals surface area (Å²) in [7, 11) is 5.05. The van der Waals surface area contributed by atoms with Gasteiger partial charge < -0.3 is 19.5 Å². The highest BCUT2D eigenvalue weighted by Crippen LogP contribution is 2.35. The van der Waals surface area contributed by atoms with Gasteiger partial charge in [-0.3, -0.25) is 4.79 Å². The molecule has 5 nitrogen and oxygen atoms in total. The largest absolute Gasteiger partial charge is 0.493 e. The van der Waals surface area contributed by atoms with E-state index in [-0.39, 0.29) is 12.5 Å². The number of aliphatic carboxylic acids is 1. The predicted octanol–water partition coefficient (Wildman–Crippen LogP) is 2.31. The average Bonchev–Trinajstić information content (AvgIpc) is 2.36. The number of methoxy groups -OCH3 is 2. The van der Waals surface area contributed by atoms with Crippen molar-refractivity contribution in [3.63, 3.8) is 0 Å². The van der Waals surface area contributed by atoms with Gasteiger partial charge in [0, 0.05) is 24.8 Å². The van der Waals surface area contributed by atoms with E-state index in [0.29, 0.717) is 11.5 Å². The molecule has 19 heavy (non-hydrogen) atoms. The summed E-state index contributed by atoms with van der Waals surface area (Å²) < 4.78 is 10.5. The number of ether oxygens (including phenoxy) is 2. The normalized spacial score (nSPS) is 11.8. The van der Waals surface area contributed by atoms with E-state index in [1.807, 2.05) is 37.9 Å². The summed E-state index contributed by atoms with van der Waals surface area (Å²) in [4.78, 5) is 12.7. The third kappa shape index (κ3) is 3.53. The summed E-state index contributed by atoms with van der Waals surface area (Å²) in [6.45, 7) is 3.84. The number of rotatable bonds is 6. The Morgan fingerprint density at radius 1 is 1.32 bits per heavy atom. The van der Waals surface area contributed by atoms with Crippen LogP contribution in [-0.2, 0) is 4.79 Å². The first kappa shape index (κ1) is 15.1. The van der Waals surface area contributed by atoms with E-state index in [2.05, 4.69) is 0 Å². The fourth-order valence-corrected chi connectivity index (χ4v) is 1.98. The van der Waals surface area contributed by atoms with Gasteiger partial charge in [0.25, 0.3) is 0 Å². The Bertz CT molecular complexity index is 459. The van der Waals surface area contributed by atoms with E-state index in [9.17, 15) is 4.79 Å². The lowest BCUT2D eigenvalue weighted by Gasteiger charge is -2.28. The van der Waals surface area contributed by atoms with Crippen LogP contribution < -0.4 is 14.4 Å². The van der Waals surface area contributed by atoms with E-state index >= 15 is 0 Å². The molecule has 1 aromatic carbocycles. The summed E-state index contributed by atoms with van der Waals surface area (Å²) >= 11 is 0. The molecule has 0 aromatic heterocycles. The molecule has 1 rings (SSSR count). The number of carbonyl (C=O) groups is 1. The fourth-order valence-electron chi connectivity index (χ4n) is 1.98. The molecule has 0 aliphatic carbocycles. The van der Waals surface area contributed by atoms with Gasteiger partial charge in [0.05, 0.1) is 20.6 Å². The van der Waals surface area contributed by atoms with Crippen LogP contribution in [0.15, 0.2) is 12.1 Å². The van der Waals surface area contributed by atoms with Gasteiger partial charge in [-0.1, -0.05) is 0 Å². The molecule has 0 fully saturated rings. The van der Waals surface area contributed by atoms with Gasteiger partial charge in [0.2, 0.25) is 0 Å². The lowest BCUT2D eigenvalue weighted by Crippen LogP contribution is -2.31. The van der Waals surface area contributed by atoms with Crippen LogP contribution in [0.4, 0.5) is 5.69 Å². The molecule has 0 spiro atoms. The zero-order valence-electron chi connectivity index (χ0n) is 12.1. The third-order valence-electron chi connectivity index (χ3n) is 3.21. The van der Waals surface area contributed by atoms with Crippen molar-refractivity contribution < 1.29 is 19.4 Å². The molecule has 0 amide bonds. The quantitative estimate of drug-likeness (QED) is 0.857. The second kappa shape index (κ2) is 6.31. The van der Waals surface area contributed by atoms with Crippen LogP contribution in [0.3, 0.4) is 0 Å². The van der Waals surface area contributed by atoms with Crippen molar-refractivity contribution in [2.75, 3.05) is 26.2 Å². The standard InChI is InChI=1S/C14H21NO4/c1-9-6-12(18-4)13(19-5)8-11(9)15(3)10(2)7-14(16)17/h6,8,10H,7H2,1-5H3,(H,16,17). The SMILES string of the molecule is COc1cc(C)c(N(C)C(C)CC(=O)O)cc1OC. The summed E-state index contributed by atoms with van der Waals surface area (Å²) in [6.07, 6.45) is 0.0876. The molecule has 106 valence electrons. The summed E-state index contributed by atoms with van der Waals surface area (Å²) in [5.74, 6) is 0.498. The van der Waals surface area contributed by atoms with Gasteiger partial charge in [-0.25, -0.2) is 0 Å². The van der Waals surface area contributed by atoms with E-state index in [0.717, 1.165) is 11.3 Å². The molecule has 5 heteroatoms. The summed E-state index contributed by atoms with van der Waals surface area (Å²) in [5, 5.41) is 8.86. The Balaban J connectivity index is 3.09. The smallest absolute Gasteiger partial charge is 0.305 e. The number of hydrogen-bond acceptors (Lipinski definition) is 4. The topological polar surface area (TPSA) is 59.0 Å². The molecule has 0 radical (unpaired) electrons. The minimum Gasteiger partial charge on any atom is -0.493 e. The van der Waals surface area contributed by atoms with Gasteiger partial charge in [0.1, 0.15) is 0 Å². The molecule has 0 heterocycles. The van der Waals surface area contributed by atoms with Crippen LogP contribution in [0.5, 0.6) is 11.5 Å². The number of carboxylic acids is 1. The summed E-state index contributed by atoms with van der Waals surface area (Å²) in [6, 6.07) is 3.65. The van der Waals surface area contributed by atoms with Gasteiger partial charge in [-0.2, -0.15) is 0 Å². The van der Waals surface area contributed by atoms with Crippen molar-refractivity contribution in [2.24, 2.45) is 0 Å². The monoisotopic (exact) mass is 267 g/mol. The second-order valence-corrected chi connectivity index (χ2v) is 4.55. The molecule has 0 aliphatic rings. The minimum absolute atomic E-state index is 0.0876. The third-order valence-corrected chi connectivity index (χ3v) is 3.21. The molecule has 0 saturated carbocycles. The van der Waals surface area contributed by atoms with Crippen LogP contribution in [0, 0.1) is 6.92 Å². The second-order valence-electron chi connectivity index (χ2n) is 4.55. The van der Waals surface area contributed by atoms with Gasteiger partial charge >= 0.3 is 5.97 Å². The number of aryl methyl sites for hydroxylation is 1. The summed E-state index contributed by atoms with van der Waals surface area (Å²) in [5.41, 5.74) is 1.95. The molecule has 1 N–H and O–H groups in total. The zero-order valence-corrected chi connectivity index (χ0v) is 12.1. The van der Waals surface area contributed by atoms with E-state index < -0.39 is 5.97 Å². The number of anilines is 1. The predicted molar refractivity (Wildman–Crippen MR) is 74.4 cm³/mol. The van der Waals surface area contributed by atoms with Crippen molar-refractivity contribution in [3.05, 3.63) is 17.7 Å². The molecule has 1 unspecified atom stereocenters. The number of hydrogen-bond donors (Lipinski definition) is 1. The first-order valence-electron chi connectivity index (χ1n) is 6.08. The van der Waals surface area contributed by atoms with E-state index in [4.69, 9.17) is 14.6 Å². The zero-order chi connectivity index (χ0) is 14.6. The van der Waals surface area contributed by atoms with Gasteiger partial charge in [0.15, 0.2) is 11.5 Å². The van der Waals surface area contributed by atoms with Crippen LogP contribution in [0.2, 0.25) is 0 Å². The molecule has 1 aromatic rings. The Hall–Kier alpha value is -1.91. The van der Waals surface area contributed by atoms with Crippen LogP contribution in [0.1, 0.15) is 18.9 Å². The fraction of sp³-hybridized carbons (Fsp3) is 0.500. The highest BCUT2D eigenvalue weighted by molar-refractivity contribution is 5.69. The van der Waals surface area contributed by atoms with E-state index in [1.54, 1.807) is 14.2 Å². The lowest BCUT2D eigenvalue weighted by molar-refractivity contribution is -0.137. The van der Waals surface area contributed by atoms with Crippen LogP contribution in [0.25, 0.3) is 0 Å². The van der Waals surface area contributed by atoms with Crippen molar-refractivity contribution in [3.8, 4) is 11.5 Å². The lowest BCUT2D eigenvalue weighted by atomic mass is 10.1. The number of benzene rings is 1. The molecule has 0 bridgehead atoms. The maximum Gasteiger partial charge on any atom is 0.305 e. The first-order chi connectivity index (χ1) is 8.90. The Labute approximate surface area is 113 Å². The van der Waals surface area contributed by atoms with Crippen molar-refractivity contribution in [2.45, 2.75) is 26.3 Å². The van der Waals surface area contributed by atoms with Crippen molar-refractivity contribution in [1.29, 1.82) is 0 Å². The van der Waals surface area contributed by atoms with Gasteiger partial charge in [-0.15, -0.1) is 0 Å². The maximum absolute atomic E-state index is 10.8. The highest BCUT2D eigenvalue weighted by Gasteiger charge is 2.17. The van der Waals surface area contributed by atoms with Gasteiger partial charge in [-0.05, 0) is 25.5 Å². The Morgan fingerprint density at radius 3 is 2.32 bits per heavy atom. The molecule has 1 atom stereocenters. The Kier molecular flexibility index (Phi) is 5.03. The first-order valence-corrected chi connectivity index (χ1v) is 6.08. The highest BCUT2D eigenvalue weighted by atomic mass is 16.5. The number of nitrogens with zero attached hydrogens (tertiary/aromatic N) is 1. The molecular formula is C14H21NO4. The van der Waals surface area contributed by atoms with Crippen LogP contribution in [-0.4, -0.2) is 38.4 Å². The average molecular weight is 267 g/mol. The maximum atomic E-state index is 10.8. The molecule has 0 saturated heterocycles. The van der Waals surface area contributed by atoms with Crippen molar-refractivity contribution >= 4 is 11.7 Å². The molecule has 0 aliphatic heterocycles. The minimum atomic E-state index is -0.808. The van der Waals surface area contributed by atoms with E-state index in [1.165, 1.54) is 0 Å². The van der Waals surface area contributed by atoms with Crippen LogP contribution >= 0.6 is 0 Å². The molecular weight excluding hydrogens is 246 g/mol. The number of carboxylic acid groups (broad SMARTS) is 1. The Morgan fingerprint density at radius 2 is 1.84 bits per heavy atom. The van der Waals surface area contributed by atoms with Crippen molar-refractivity contribution in [1.82, 2.24) is 0 Å².